The minimum atomic E-state index is -3.97. The van der Waals surface area contributed by atoms with Gasteiger partial charge in [-0.05, 0) is 30.0 Å². The van der Waals surface area contributed by atoms with E-state index in [1.807, 2.05) is 27.7 Å². The molecule has 0 fully saturated rings. The first-order chi connectivity index (χ1) is 9.43. The van der Waals surface area contributed by atoms with E-state index in [0.717, 1.165) is 0 Å². The van der Waals surface area contributed by atoms with Gasteiger partial charge in [0.15, 0.2) is 0 Å². The SMILES string of the molecule is CC(N1Cc2cc(Br)cc(S(=O)(=O)Cl)c2C1=O)C(C)(C)C. The molecule has 0 saturated carbocycles. The van der Waals surface area contributed by atoms with E-state index < -0.39 is 9.05 Å². The van der Waals surface area contributed by atoms with Gasteiger partial charge in [-0.3, -0.25) is 4.79 Å². The summed E-state index contributed by atoms with van der Waals surface area (Å²) in [4.78, 5) is 14.2. The van der Waals surface area contributed by atoms with Gasteiger partial charge in [0.25, 0.3) is 15.0 Å². The van der Waals surface area contributed by atoms with Crippen LogP contribution in [-0.4, -0.2) is 25.3 Å². The molecule has 0 N–H and O–H groups in total. The second kappa shape index (κ2) is 5.25. The van der Waals surface area contributed by atoms with Gasteiger partial charge >= 0.3 is 0 Å². The third kappa shape index (κ3) is 3.12. The number of carbonyl (C=O) groups excluding carboxylic acids is 1. The molecule has 1 atom stereocenters. The third-order valence-electron chi connectivity index (χ3n) is 3.95. The monoisotopic (exact) mass is 393 g/mol. The Hall–Kier alpha value is -0.590. The van der Waals surface area contributed by atoms with Gasteiger partial charge in [-0.2, -0.15) is 0 Å². The second-order valence-corrected chi connectivity index (χ2v) is 9.80. The predicted molar refractivity (Wildman–Crippen MR) is 86.0 cm³/mol. The Labute approximate surface area is 138 Å². The topological polar surface area (TPSA) is 54.5 Å². The van der Waals surface area contributed by atoms with Crippen LogP contribution < -0.4 is 0 Å². The van der Waals surface area contributed by atoms with Gasteiger partial charge in [0.1, 0.15) is 0 Å². The molecule has 0 spiro atoms. The van der Waals surface area contributed by atoms with Crippen molar-refractivity contribution in [2.75, 3.05) is 0 Å². The fourth-order valence-corrected chi connectivity index (χ4v) is 4.13. The van der Waals surface area contributed by atoms with Crippen molar-refractivity contribution < 1.29 is 13.2 Å². The van der Waals surface area contributed by atoms with Crippen molar-refractivity contribution in [2.45, 2.75) is 45.2 Å². The van der Waals surface area contributed by atoms with Crippen molar-refractivity contribution in [2.24, 2.45) is 5.41 Å². The lowest BCUT2D eigenvalue weighted by Crippen LogP contribution is -2.42. The van der Waals surface area contributed by atoms with Gasteiger partial charge in [-0.1, -0.05) is 36.7 Å². The molecule has 1 aliphatic rings. The molecule has 7 heteroatoms. The summed E-state index contributed by atoms with van der Waals surface area (Å²) in [6.45, 7) is 8.49. The van der Waals surface area contributed by atoms with Crippen LogP contribution in [0.2, 0.25) is 0 Å². The largest absolute Gasteiger partial charge is 0.331 e. The lowest BCUT2D eigenvalue weighted by Gasteiger charge is -2.35. The minimum Gasteiger partial charge on any atom is -0.331 e. The predicted octanol–water partition coefficient (Wildman–Crippen LogP) is 3.77. The fraction of sp³-hybridized carbons (Fsp3) is 0.500. The average Bonchev–Trinajstić information content (AvgIpc) is 2.62. The van der Waals surface area contributed by atoms with E-state index in [4.69, 9.17) is 10.7 Å². The van der Waals surface area contributed by atoms with Gasteiger partial charge < -0.3 is 4.90 Å². The van der Waals surface area contributed by atoms with Crippen molar-refractivity contribution in [3.8, 4) is 0 Å². The van der Waals surface area contributed by atoms with E-state index in [1.54, 1.807) is 11.0 Å². The molecule has 1 amide bonds. The van der Waals surface area contributed by atoms with E-state index in [0.29, 0.717) is 16.6 Å². The quantitative estimate of drug-likeness (QED) is 0.718. The number of hydrogen-bond acceptors (Lipinski definition) is 3. The van der Waals surface area contributed by atoms with Crippen molar-refractivity contribution in [1.82, 2.24) is 4.90 Å². The molecular weight excluding hydrogens is 378 g/mol. The summed E-state index contributed by atoms with van der Waals surface area (Å²) in [5.41, 5.74) is 0.781. The molecule has 4 nitrogen and oxygen atoms in total. The number of nitrogens with zero attached hydrogens (tertiary/aromatic N) is 1. The zero-order valence-electron chi connectivity index (χ0n) is 12.3. The molecule has 116 valence electrons. The molecule has 21 heavy (non-hydrogen) atoms. The lowest BCUT2D eigenvalue weighted by atomic mass is 9.87. The summed E-state index contributed by atoms with van der Waals surface area (Å²) in [6.07, 6.45) is 0. The zero-order valence-corrected chi connectivity index (χ0v) is 15.4. The highest BCUT2D eigenvalue weighted by molar-refractivity contribution is 9.10. The van der Waals surface area contributed by atoms with Crippen molar-refractivity contribution in [3.63, 3.8) is 0 Å². The highest BCUT2D eigenvalue weighted by Gasteiger charge is 2.39. The summed E-state index contributed by atoms with van der Waals surface area (Å²) >= 11 is 3.27. The van der Waals surface area contributed by atoms with Gasteiger partial charge in [0, 0.05) is 27.7 Å². The van der Waals surface area contributed by atoms with E-state index in [1.165, 1.54) is 6.07 Å². The minimum absolute atomic E-state index is 0.0259. The van der Waals surface area contributed by atoms with Crippen LogP contribution in [0.3, 0.4) is 0 Å². The van der Waals surface area contributed by atoms with Gasteiger partial charge in [0.05, 0.1) is 10.5 Å². The van der Waals surface area contributed by atoms with Crippen molar-refractivity contribution in [3.05, 3.63) is 27.7 Å². The number of benzene rings is 1. The Morgan fingerprint density at radius 2 is 1.90 bits per heavy atom. The third-order valence-corrected chi connectivity index (χ3v) is 5.75. The first kappa shape index (κ1) is 16.8. The molecule has 2 rings (SSSR count). The Balaban J connectivity index is 2.57. The fourth-order valence-electron chi connectivity index (χ4n) is 2.37. The summed E-state index contributed by atoms with van der Waals surface area (Å²) in [5, 5.41) is 0. The number of halogens is 2. The Kier molecular flexibility index (Phi) is 4.19. The number of hydrogen-bond donors (Lipinski definition) is 0. The molecule has 0 aromatic heterocycles. The smallest absolute Gasteiger partial charge is 0.262 e. The maximum atomic E-state index is 12.7. The van der Waals surface area contributed by atoms with E-state index >= 15 is 0 Å². The number of carbonyl (C=O) groups is 1. The van der Waals surface area contributed by atoms with Gasteiger partial charge in [-0.25, -0.2) is 8.42 Å². The standard InChI is InChI=1S/C14H17BrClNO3S/c1-8(14(2,3)4)17-7-9-5-10(15)6-11(21(16,19)20)12(9)13(17)18/h5-6,8H,7H2,1-4H3. The van der Waals surface area contributed by atoms with Crippen molar-refractivity contribution >= 4 is 41.6 Å². The summed E-state index contributed by atoms with van der Waals surface area (Å²) in [7, 11) is 1.50. The average molecular weight is 395 g/mol. The number of rotatable bonds is 2. The van der Waals surface area contributed by atoms with Crippen LogP contribution in [0.15, 0.2) is 21.5 Å². The van der Waals surface area contributed by atoms with Crippen LogP contribution >= 0.6 is 26.6 Å². The van der Waals surface area contributed by atoms with Crippen LogP contribution in [0.1, 0.15) is 43.6 Å². The second-order valence-electron chi connectivity index (χ2n) is 6.35. The number of fused-ring (bicyclic) bond motifs is 1. The molecule has 1 aromatic rings. The molecule has 0 bridgehead atoms. The van der Waals surface area contributed by atoms with Crippen LogP contribution in [0, 0.1) is 5.41 Å². The molecular formula is C14H17BrClNO3S. The highest BCUT2D eigenvalue weighted by atomic mass is 79.9. The molecule has 0 radical (unpaired) electrons. The number of amides is 1. The van der Waals surface area contributed by atoms with Gasteiger partial charge in [0.2, 0.25) is 0 Å². The normalized spacial score (nSPS) is 17.0. The van der Waals surface area contributed by atoms with E-state index in [2.05, 4.69) is 15.9 Å². The molecule has 1 aromatic carbocycles. The van der Waals surface area contributed by atoms with E-state index in [9.17, 15) is 13.2 Å². The maximum Gasteiger partial charge on any atom is 0.262 e. The molecule has 1 aliphatic heterocycles. The maximum absolute atomic E-state index is 12.7. The lowest BCUT2D eigenvalue weighted by molar-refractivity contribution is 0.0577. The molecule has 1 unspecified atom stereocenters. The molecule has 0 saturated heterocycles. The Morgan fingerprint density at radius 1 is 1.33 bits per heavy atom. The van der Waals surface area contributed by atoms with Crippen LogP contribution in [0.5, 0.6) is 0 Å². The molecule has 0 aliphatic carbocycles. The summed E-state index contributed by atoms with van der Waals surface area (Å²) in [5.74, 6) is -0.279. The Bertz CT molecular complexity index is 710. The zero-order chi connectivity index (χ0) is 16.2. The summed E-state index contributed by atoms with van der Waals surface area (Å²) in [6, 6.07) is 3.13. The molecule has 1 heterocycles. The first-order valence-electron chi connectivity index (χ1n) is 6.51. The van der Waals surface area contributed by atoms with Crippen LogP contribution in [0.4, 0.5) is 0 Å². The summed E-state index contributed by atoms with van der Waals surface area (Å²) < 4.78 is 24.1. The van der Waals surface area contributed by atoms with Crippen LogP contribution in [0.25, 0.3) is 0 Å². The van der Waals surface area contributed by atoms with E-state index in [-0.39, 0.29) is 27.8 Å². The van der Waals surface area contributed by atoms with Crippen LogP contribution in [-0.2, 0) is 15.6 Å². The van der Waals surface area contributed by atoms with Crippen molar-refractivity contribution in [1.29, 1.82) is 0 Å². The first-order valence-corrected chi connectivity index (χ1v) is 9.61. The van der Waals surface area contributed by atoms with Gasteiger partial charge in [-0.15, -0.1) is 0 Å². The Morgan fingerprint density at radius 3 is 2.38 bits per heavy atom. The highest BCUT2D eigenvalue weighted by Crippen LogP contribution is 2.37.